The topological polar surface area (TPSA) is 160 Å². The molecule has 0 aliphatic carbocycles. The van der Waals surface area contributed by atoms with Gasteiger partial charge in [-0.15, -0.1) is 0 Å². The molecule has 4 atom stereocenters. The Morgan fingerprint density at radius 1 is 0.838 bits per heavy atom. The number of pyridine rings is 1. The number of hydrogen-bond acceptors (Lipinski definition) is 6. The van der Waals surface area contributed by atoms with Gasteiger partial charge >= 0.3 is 0 Å². The molecule has 1 rings (SSSR count). The lowest BCUT2D eigenvalue weighted by Gasteiger charge is -2.29. The second-order valence-corrected chi connectivity index (χ2v) is 10.2. The van der Waals surface area contributed by atoms with Gasteiger partial charge < -0.3 is 31.3 Å². The summed E-state index contributed by atoms with van der Waals surface area (Å²) >= 11 is 0. The fraction of sp³-hybridized carbons (Fsp3) is 0.615. The van der Waals surface area contributed by atoms with E-state index in [1.54, 1.807) is 34.6 Å². The molecule has 0 fully saturated rings. The van der Waals surface area contributed by atoms with Crippen LogP contribution in [0.3, 0.4) is 0 Å². The highest BCUT2D eigenvalue weighted by atomic mass is 16.5. The van der Waals surface area contributed by atoms with Crippen molar-refractivity contribution in [2.45, 2.75) is 85.5 Å². The lowest BCUT2D eigenvalue weighted by Crippen LogP contribution is -2.59. The summed E-state index contributed by atoms with van der Waals surface area (Å²) in [6.45, 7) is 12.6. The summed E-state index contributed by atoms with van der Waals surface area (Å²) in [5.74, 6) is -2.64. The van der Waals surface area contributed by atoms with E-state index in [1.807, 2.05) is 13.8 Å². The molecule has 0 saturated heterocycles. The van der Waals surface area contributed by atoms with Crippen LogP contribution < -0.4 is 26.0 Å². The lowest BCUT2D eigenvalue weighted by atomic mass is 9.98. The molecule has 4 amide bonds. The van der Waals surface area contributed by atoms with Crippen LogP contribution in [0.5, 0.6) is 0 Å². The number of rotatable bonds is 14. The van der Waals surface area contributed by atoms with Crippen molar-refractivity contribution in [3.63, 3.8) is 0 Å². The summed E-state index contributed by atoms with van der Waals surface area (Å²) in [5, 5.41) is 22.0. The molecule has 206 valence electrons. The van der Waals surface area contributed by atoms with Crippen LogP contribution in [0.1, 0.15) is 71.7 Å². The highest BCUT2D eigenvalue weighted by Gasteiger charge is 2.33. The Morgan fingerprint density at radius 3 is 1.81 bits per heavy atom. The first-order valence-corrected chi connectivity index (χ1v) is 12.7. The quantitative estimate of drug-likeness (QED) is 0.162. The Bertz CT molecular complexity index is 932. The van der Waals surface area contributed by atoms with Crippen molar-refractivity contribution in [2.75, 3.05) is 0 Å². The van der Waals surface area contributed by atoms with E-state index in [4.69, 9.17) is 0 Å². The van der Waals surface area contributed by atoms with Crippen molar-refractivity contribution in [2.24, 2.45) is 17.8 Å². The van der Waals surface area contributed by atoms with Gasteiger partial charge in [-0.2, -0.15) is 4.73 Å². The fourth-order valence-electron chi connectivity index (χ4n) is 3.58. The van der Waals surface area contributed by atoms with Gasteiger partial charge in [0.05, 0.1) is 11.6 Å². The summed E-state index contributed by atoms with van der Waals surface area (Å²) in [6, 6.07) is -0.780. The van der Waals surface area contributed by atoms with E-state index in [9.17, 15) is 29.2 Å². The first-order valence-electron chi connectivity index (χ1n) is 12.7. The van der Waals surface area contributed by atoms with Gasteiger partial charge in [-0.3, -0.25) is 19.2 Å². The largest absolute Gasteiger partial charge is 0.619 e. The van der Waals surface area contributed by atoms with Crippen molar-refractivity contribution in [1.82, 2.24) is 21.3 Å². The monoisotopic (exact) mass is 519 g/mol. The van der Waals surface area contributed by atoms with Crippen LogP contribution in [0.4, 0.5) is 0 Å². The molecule has 0 saturated carbocycles. The van der Waals surface area contributed by atoms with Crippen molar-refractivity contribution in [3.8, 4) is 0 Å². The normalized spacial score (nSPS) is 14.4. The molecule has 1 heterocycles. The van der Waals surface area contributed by atoms with Gasteiger partial charge in [-0.25, -0.2) is 0 Å². The van der Waals surface area contributed by atoms with Gasteiger partial charge in [0.1, 0.15) is 24.4 Å². The number of carbonyl (C=O) groups is 5. The Kier molecular flexibility index (Phi) is 12.7. The summed E-state index contributed by atoms with van der Waals surface area (Å²) in [5.41, 5.74) is 0.215. The van der Waals surface area contributed by atoms with E-state index in [0.29, 0.717) is 23.9 Å². The average molecular weight is 520 g/mol. The van der Waals surface area contributed by atoms with Crippen LogP contribution in [0, 0.1) is 23.0 Å². The van der Waals surface area contributed by atoms with Crippen LogP contribution >= 0.6 is 0 Å². The van der Waals surface area contributed by atoms with Crippen molar-refractivity contribution >= 4 is 29.9 Å². The zero-order valence-electron chi connectivity index (χ0n) is 22.7. The molecule has 0 spiro atoms. The number of nitrogens with zero attached hydrogens (tertiary/aromatic N) is 1. The first-order chi connectivity index (χ1) is 17.3. The van der Waals surface area contributed by atoms with Crippen LogP contribution in [-0.4, -0.2) is 54.1 Å². The zero-order chi connectivity index (χ0) is 28.3. The second-order valence-electron chi connectivity index (χ2n) is 10.2. The number of aldehydes is 1. The third kappa shape index (κ3) is 10.2. The Morgan fingerprint density at radius 2 is 1.35 bits per heavy atom. The second kappa shape index (κ2) is 14.9. The first kappa shape index (κ1) is 31.5. The summed E-state index contributed by atoms with van der Waals surface area (Å²) in [4.78, 5) is 63.0. The van der Waals surface area contributed by atoms with E-state index in [1.165, 1.54) is 24.5 Å². The van der Waals surface area contributed by atoms with Gasteiger partial charge in [0, 0.05) is 12.1 Å². The van der Waals surface area contributed by atoms with Gasteiger partial charge in [-0.1, -0.05) is 48.5 Å². The molecule has 1 aromatic heterocycles. The SMILES string of the molecule is CC[C@@H](C=O)NC(=O)[C@H](CC(C)C)NC(=O)[C@@H](NC(=O)[C@@H](NC(=O)c1cc[n+]([O-])cc1)C(C)C)C(C)C. The predicted molar refractivity (Wildman–Crippen MR) is 138 cm³/mol. The molecule has 0 bridgehead atoms. The van der Waals surface area contributed by atoms with Gasteiger partial charge in [0.2, 0.25) is 17.7 Å². The fourth-order valence-corrected chi connectivity index (χ4v) is 3.58. The smallest absolute Gasteiger partial charge is 0.252 e. The standard InChI is InChI=1S/C26H41N5O6/c1-8-19(14-32)27-24(34)20(13-15(2)3)28-25(35)21(16(4)5)30-26(36)22(17(6)7)29-23(33)18-9-11-31(37)12-10-18/h9-12,14-17,19-22H,8,13H2,1-7H3,(H,27,34)(H,28,35)(H,29,33)(H,30,36)/t19-,20-,21-,22-/m0/s1. The number of hydrogen-bond donors (Lipinski definition) is 4. The maximum atomic E-state index is 13.2. The minimum atomic E-state index is -0.975. The van der Waals surface area contributed by atoms with Crippen LogP contribution in [0.15, 0.2) is 24.5 Å². The number of aromatic nitrogens is 1. The molecule has 0 radical (unpaired) electrons. The average Bonchev–Trinajstić information content (AvgIpc) is 2.82. The van der Waals surface area contributed by atoms with Crippen molar-refractivity contribution in [3.05, 3.63) is 35.3 Å². The van der Waals surface area contributed by atoms with Crippen molar-refractivity contribution in [1.29, 1.82) is 0 Å². The highest BCUT2D eigenvalue weighted by Crippen LogP contribution is 2.11. The molecule has 11 heteroatoms. The Hall–Kier alpha value is -3.50. The number of carbonyl (C=O) groups excluding carboxylic acids is 5. The van der Waals surface area contributed by atoms with E-state index in [-0.39, 0.29) is 23.3 Å². The Balaban J connectivity index is 3.01. The van der Waals surface area contributed by atoms with Gasteiger partial charge in [-0.05, 0) is 30.6 Å². The maximum absolute atomic E-state index is 13.2. The molecule has 0 unspecified atom stereocenters. The summed E-state index contributed by atoms with van der Waals surface area (Å²) in [6.07, 6.45) is 3.78. The molecule has 0 aromatic carbocycles. The van der Waals surface area contributed by atoms with E-state index < -0.39 is 47.8 Å². The van der Waals surface area contributed by atoms with Crippen LogP contribution in [0.2, 0.25) is 0 Å². The summed E-state index contributed by atoms with van der Waals surface area (Å²) < 4.78 is 0.545. The molecule has 4 N–H and O–H groups in total. The Labute approximate surface area is 218 Å². The number of nitrogens with one attached hydrogen (secondary N) is 4. The van der Waals surface area contributed by atoms with Crippen LogP contribution in [-0.2, 0) is 19.2 Å². The van der Waals surface area contributed by atoms with Gasteiger partial charge in [0.15, 0.2) is 12.4 Å². The molecular weight excluding hydrogens is 478 g/mol. The minimum Gasteiger partial charge on any atom is -0.619 e. The van der Waals surface area contributed by atoms with E-state index >= 15 is 0 Å². The summed E-state index contributed by atoms with van der Waals surface area (Å²) in [7, 11) is 0. The third-order valence-electron chi connectivity index (χ3n) is 5.82. The molecule has 0 aliphatic heterocycles. The highest BCUT2D eigenvalue weighted by molar-refractivity contribution is 5.98. The lowest BCUT2D eigenvalue weighted by molar-refractivity contribution is -0.605. The molecule has 1 aromatic rings. The van der Waals surface area contributed by atoms with E-state index in [2.05, 4.69) is 21.3 Å². The molecule has 11 nitrogen and oxygen atoms in total. The molecular formula is C26H41N5O6. The molecule has 0 aliphatic rings. The van der Waals surface area contributed by atoms with E-state index in [0.717, 1.165) is 0 Å². The van der Waals surface area contributed by atoms with Crippen LogP contribution in [0.25, 0.3) is 0 Å². The third-order valence-corrected chi connectivity index (χ3v) is 5.82. The predicted octanol–water partition coefficient (Wildman–Crippen LogP) is 0.840. The van der Waals surface area contributed by atoms with Crippen molar-refractivity contribution < 1.29 is 28.7 Å². The zero-order valence-corrected chi connectivity index (χ0v) is 22.7. The maximum Gasteiger partial charge on any atom is 0.252 e. The molecule has 37 heavy (non-hydrogen) atoms. The minimum absolute atomic E-state index is 0.0778. The number of amides is 4. The van der Waals surface area contributed by atoms with Gasteiger partial charge in [0.25, 0.3) is 5.91 Å².